The highest BCUT2D eigenvalue weighted by Gasteiger charge is 2.19. The van der Waals surface area contributed by atoms with Crippen molar-refractivity contribution in [3.8, 4) is 11.5 Å². The summed E-state index contributed by atoms with van der Waals surface area (Å²) in [5.41, 5.74) is 4.01. The second-order valence-corrected chi connectivity index (χ2v) is 7.34. The molecule has 0 fully saturated rings. The van der Waals surface area contributed by atoms with Crippen molar-refractivity contribution in [2.24, 2.45) is 0 Å². The third-order valence-corrected chi connectivity index (χ3v) is 5.27. The highest BCUT2D eigenvalue weighted by atomic mass is 16.5. The molecule has 0 aliphatic rings. The van der Waals surface area contributed by atoms with Gasteiger partial charge in [-0.05, 0) is 37.8 Å². The molecule has 3 aromatic rings. The van der Waals surface area contributed by atoms with Crippen LogP contribution in [0, 0.1) is 6.92 Å². The maximum atomic E-state index is 5.52. The average molecular weight is 412 g/mol. The Hall–Kier alpha value is -2.96. The van der Waals surface area contributed by atoms with E-state index in [1.54, 1.807) is 20.4 Å². The van der Waals surface area contributed by atoms with Gasteiger partial charge in [-0.1, -0.05) is 20.8 Å². The Morgan fingerprint density at radius 3 is 2.30 bits per heavy atom. The zero-order valence-corrected chi connectivity index (χ0v) is 19.0. The number of anilines is 3. The number of fused-ring (bicyclic) bond motifs is 1. The summed E-state index contributed by atoms with van der Waals surface area (Å²) in [5.74, 6) is 3.35. The predicted octanol–water partition coefficient (Wildman–Crippen LogP) is 4.99. The highest BCUT2D eigenvalue weighted by Crippen LogP contribution is 2.36. The lowest BCUT2D eigenvalue weighted by Crippen LogP contribution is -2.28. The second-order valence-electron chi connectivity index (χ2n) is 7.34. The molecule has 162 valence electrons. The Kier molecular flexibility index (Phi) is 7.03. The van der Waals surface area contributed by atoms with Gasteiger partial charge in [0.15, 0.2) is 17.1 Å². The summed E-state index contributed by atoms with van der Waals surface area (Å²) in [7, 11) is 3.31. The second kappa shape index (κ2) is 9.69. The van der Waals surface area contributed by atoms with E-state index in [1.807, 2.05) is 22.7 Å². The van der Waals surface area contributed by atoms with Crippen LogP contribution in [0.1, 0.15) is 44.7 Å². The van der Waals surface area contributed by atoms with Crippen LogP contribution in [0.3, 0.4) is 0 Å². The van der Waals surface area contributed by atoms with Crippen LogP contribution in [-0.4, -0.2) is 41.9 Å². The minimum atomic E-state index is 0.694. The van der Waals surface area contributed by atoms with Crippen LogP contribution in [-0.2, 0) is 6.42 Å². The van der Waals surface area contributed by atoms with E-state index < -0.39 is 0 Å². The number of nitrogens with one attached hydrogen (secondary N) is 1. The van der Waals surface area contributed by atoms with Crippen molar-refractivity contribution in [3.05, 3.63) is 35.5 Å². The summed E-state index contributed by atoms with van der Waals surface area (Å²) in [5, 5.41) is 8.11. The Morgan fingerprint density at radius 1 is 1.03 bits per heavy atom. The molecular weight excluding hydrogens is 378 g/mol. The van der Waals surface area contributed by atoms with Crippen molar-refractivity contribution in [2.45, 2.75) is 47.0 Å². The van der Waals surface area contributed by atoms with E-state index in [4.69, 9.17) is 14.5 Å². The van der Waals surface area contributed by atoms with Gasteiger partial charge in [0, 0.05) is 36.5 Å². The van der Waals surface area contributed by atoms with Crippen LogP contribution in [0.15, 0.2) is 24.4 Å². The Morgan fingerprint density at radius 2 is 1.70 bits per heavy atom. The molecule has 0 atom stereocenters. The molecule has 7 nitrogen and oxygen atoms in total. The number of hydrogen-bond donors (Lipinski definition) is 1. The molecule has 1 aromatic carbocycles. The molecule has 0 saturated carbocycles. The molecule has 0 saturated heterocycles. The van der Waals surface area contributed by atoms with Gasteiger partial charge in [0.05, 0.1) is 20.4 Å². The monoisotopic (exact) mass is 411 g/mol. The summed E-state index contributed by atoms with van der Waals surface area (Å²) in [6, 6.07) is 5.95. The number of aryl methyl sites for hydroxylation is 1. The molecule has 0 unspecified atom stereocenters. The summed E-state index contributed by atoms with van der Waals surface area (Å²) in [6.45, 7) is 10.6. The predicted molar refractivity (Wildman–Crippen MR) is 123 cm³/mol. The maximum absolute atomic E-state index is 5.52. The van der Waals surface area contributed by atoms with Crippen molar-refractivity contribution in [2.75, 3.05) is 37.5 Å². The van der Waals surface area contributed by atoms with E-state index in [0.29, 0.717) is 5.75 Å². The van der Waals surface area contributed by atoms with Gasteiger partial charge in [-0.15, -0.1) is 0 Å². The summed E-state index contributed by atoms with van der Waals surface area (Å²) in [6.07, 6.45) is 4.81. The van der Waals surface area contributed by atoms with Crippen molar-refractivity contribution < 1.29 is 9.47 Å². The van der Waals surface area contributed by atoms with Gasteiger partial charge in [0.25, 0.3) is 0 Å². The fraction of sp³-hybridized carbons (Fsp3) is 0.478. The third kappa shape index (κ3) is 4.15. The lowest BCUT2D eigenvalue weighted by molar-refractivity contribution is 0.355. The smallest absolute Gasteiger partial charge is 0.162 e. The van der Waals surface area contributed by atoms with E-state index in [2.05, 4.69) is 43.0 Å². The lowest BCUT2D eigenvalue weighted by atomic mass is 10.1. The van der Waals surface area contributed by atoms with Gasteiger partial charge in [0.2, 0.25) is 0 Å². The Labute approximate surface area is 179 Å². The molecule has 0 amide bonds. The number of methoxy groups -OCH3 is 2. The van der Waals surface area contributed by atoms with E-state index >= 15 is 0 Å². The molecule has 2 heterocycles. The topological polar surface area (TPSA) is 63.9 Å². The molecule has 3 rings (SSSR count). The standard InChI is InChI=1S/C23H33N5O2/c1-7-12-27(13-8-2)23-16(4)22(26-21-10-11-24-28(21)23)25-18-15-20(30-6)19(29-5)14-17(18)9-3/h10-11,14-15H,7-9,12-13H2,1-6H3,(H,25,26). The maximum Gasteiger partial charge on any atom is 0.162 e. The minimum absolute atomic E-state index is 0.694. The molecule has 0 spiro atoms. The van der Waals surface area contributed by atoms with Crippen LogP contribution in [0.4, 0.5) is 17.3 Å². The lowest BCUT2D eigenvalue weighted by Gasteiger charge is -2.27. The van der Waals surface area contributed by atoms with E-state index in [0.717, 1.165) is 72.2 Å². The fourth-order valence-electron chi connectivity index (χ4n) is 3.82. The summed E-state index contributed by atoms with van der Waals surface area (Å²) in [4.78, 5) is 7.26. The van der Waals surface area contributed by atoms with Gasteiger partial charge >= 0.3 is 0 Å². The first kappa shape index (κ1) is 21.7. The van der Waals surface area contributed by atoms with E-state index in [1.165, 1.54) is 0 Å². The van der Waals surface area contributed by atoms with Gasteiger partial charge in [0.1, 0.15) is 11.6 Å². The number of rotatable bonds is 10. The molecule has 7 heteroatoms. The molecule has 0 radical (unpaired) electrons. The first-order valence-corrected chi connectivity index (χ1v) is 10.7. The van der Waals surface area contributed by atoms with Gasteiger partial charge < -0.3 is 19.7 Å². The van der Waals surface area contributed by atoms with E-state index in [9.17, 15) is 0 Å². The number of hydrogen-bond acceptors (Lipinski definition) is 6. The minimum Gasteiger partial charge on any atom is -0.493 e. The summed E-state index contributed by atoms with van der Waals surface area (Å²) < 4.78 is 12.9. The van der Waals surface area contributed by atoms with Gasteiger partial charge in [-0.25, -0.2) is 4.98 Å². The molecule has 0 aliphatic carbocycles. The van der Waals surface area contributed by atoms with Crippen LogP contribution in [0.5, 0.6) is 11.5 Å². The van der Waals surface area contributed by atoms with E-state index in [-0.39, 0.29) is 0 Å². The molecule has 30 heavy (non-hydrogen) atoms. The SMILES string of the molecule is CCCN(CCC)c1c(C)c(Nc2cc(OC)c(OC)cc2CC)nc2ccnn12. The zero-order chi connectivity index (χ0) is 21.7. The van der Waals surface area contributed by atoms with Gasteiger partial charge in [-0.3, -0.25) is 0 Å². The molecular formula is C23H33N5O2. The fourth-order valence-corrected chi connectivity index (χ4v) is 3.82. The zero-order valence-electron chi connectivity index (χ0n) is 19.0. The number of aromatic nitrogens is 3. The Balaban J connectivity index is 2.12. The number of benzene rings is 1. The third-order valence-electron chi connectivity index (χ3n) is 5.27. The van der Waals surface area contributed by atoms with Gasteiger partial charge in [-0.2, -0.15) is 9.61 Å². The van der Waals surface area contributed by atoms with Crippen molar-refractivity contribution >= 4 is 23.0 Å². The normalized spacial score (nSPS) is 11.0. The average Bonchev–Trinajstić information content (AvgIpc) is 3.21. The molecule has 0 aliphatic heterocycles. The first-order chi connectivity index (χ1) is 14.6. The van der Waals surface area contributed by atoms with Crippen LogP contribution in [0.2, 0.25) is 0 Å². The molecule has 1 N–H and O–H groups in total. The Bertz CT molecular complexity index is 993. The van der Waals surface area contributed by atoms with Crippen LogP contribution in [0.25, 0.3) is 5.65 Å². The molecule has 0 bridgehead atoms. The number of ether oxygens (including phenoxy) is 2. The largest absolute Gasteiger partial charge is 0.493 e. The highest BCUT2D eigenvalue weighted by molar-refractivity contribution is 5.72. The van der Waals surface area contributed by atoms with Crippen molar-refractivity contribution in [3.63, 3.8) is 0 Å². The van der Waals surface area contributed by atoms with Crippen molar-refractivity contribution in [1.29, 1.82) is 0 Å². The van der Waals surface area contributed by atoms with Crippen molar-refractivity contribution in [1.82, 2.24) is 14.6 Å². The molecule has 2 aromatic heterocycles. The quantitative estimate of drug-likeness (QED) is 0.507. The van der Waals surface area contributed by atoms with Crippen LogP contribution >= 0.6 is 0 Å². The van der Waals surface area contributed by atoms with Crippen LogP contribution < -0.4 is 19.7 Å². The number of nitrogens with zero attached hydrogens (tertiary/aromatic N) is 4. The summed E-state index contributed by atoms with van der Waals surface area (Å²) >= 11 is 0. The first-order valence-electron chi connectivity index (χ1n) is 10.7.